The van der Waals surface area contributed by atoms with Gasteiger partial charge in [0.25, 0.3) is 9.70 Å². The number of carbonyl (C=O) groups excluding carboxylic acids is 1. The van der Waals surface area contributed by atoms with E-state index in [4.69, 9.17) is 39.5 Å². The molecule has 0 saturated carbocycles. The molecular formula is C18H20Cl3N2O2+. The average Bonchev–Trinajstić information content (AvgIpc) is 2.61. The summed E-state index contributed by atoms with van der Waals surface area (Å²) in [6.07, 6.45) is 0.104. The topological polar surface area (TPSA) is 54.9 Å². The van der Waals surface area contributed by atoms with E-state index in [9.17, 15) is 4.79 Å². The molecule has 2 rings (SSSR count). The fourth-order valence-corrected chi connectivity index (χ4v) is 2.73. The number of methoxy groups -OCH3 is 1. The van der Waals surface area contributed by atoms with Crippen LogP contribution in [0.3, 0.4) is 0 Å². The standard InChI is InChI=1S/C18H19Cl3N2O2/c1-25-15-9-7-14(8-10-15)16(24)23-17(18(19,20)21)22-12-11-13-5-3-2-4-6-13/h2-10,17,22H,11-12H2,1H3,(H,23,24)/p+1/t17-/m0/s1. The smallest absolute Gasteiger partial charge is 0.262 e. The predicted octanol–water partition coefficient (Wildman–Crippen LogP) is 2.93. The van der Waals surface area contributed by atoms with Crippen LogP contribution in [0.5, 0.6) is 5.75 Å². The minimum Gasteiger partial charge on any atom is -0.497 e. The van der Waals surface area contributed by atoms with Crippen LogP contribution in [0.1, 0.15) is 15.9 Å². The highest BCUT2D eigenvalue weighted by atomic mass is 35.6. The molecule has 0 bridgehead atoms. The van der Waals surface area contributed by atoms with Crippen LogP contribution in [-0.2, 0) is 6.42 Å². The van der Waals surface area contributed by atoms with Crippen molar-refractivity contribution in [2.75, 3.05) is 13.7 Å². The highest BCUT2D eigenvalue weighted by Crippen LogP contribution is 2.27. The van der Waals surface area contributed by atoms with Gasteiger partial charge in [-0.1, -0.05) is 65.1 Å². The largest absolute Gasteiger partial charge is 0.497 e. The number of amides is 1. The summed E-state index contributed by atoms with van der Waals surface area (Å²) < 4.78 is 3.45. The lowest BCUT2D eigenvalue weighted by Gasteiger charge is -2.23. The number of rotatable bonds is 7. The van der Waals surface area contributed by atoms with Crippen molar-refractivity contribution >= 4 is 40.7 Å². The maximum absolute atomic E-state index is 12.4. The average molecular weight is 403 g/mol. The summed E-state index contributed by atoms with van der Waals surface area (Å²) >= 11 is 18.1. The minimum atomic E-state index is -1.63. The summed E-state index contributed by atoms with van der Waals surface area (Å²) in [5.74, 6) is 0.360. The molecule has 0 aromatic heterocycles. The van der Waals surface area contributed by atoms with E-state index in [1.54, 1.807) is 31.4 Å². The van der Waals surface area contributed by atoms with Crippen molar-refractivity contribution in [1.29, 1.82) is 0 Å². The van der Waals surface area contributed by atoms with Gasteiger partial charge in [0.15, 0.2) is 0 Å². The Morgan fingerprint density at radius 2 is 1.76 bits per heavy atom. The monoisotopic (exact) mass is 401 g/mol. The van der Waals surface area contributed by atoms with Gasteiger partial charge in [0.1, 0.15) is 5.75 Å². The van der Waals surface area contributed by atoms with E-state index in [1.807, 2.05) is 35.6 Å². The summed E-state index contributed by atoms with van der Waals surface area (Å²) in [5.41, 5.74) is 1.65. The number of nitrogens with one attached hydrogen (secondary N) is 1. The minimum absolute atomic E-state index is 0.310. The van der Waals surface area contributed by atoms with Crippen LogP contribution in [0.2, 0.25) is 0 Å². The number of ether oxygens (including phenoxy) is 1. The summed E-state index contributed by atoms with van der Waals surface area (Å²) in [6, 6.07) is 16.7. The van der Waals surface area contributed by atoms with E-state index in [-0.39, 0.29) is 5.91 Å². The molecule has 0 spiro atoms. The second-order valence-electron chi connectivity index (χ2n) is 5.48. The predicted molar refractivity (Wildman–Crippen MR) is 101 cm³/mol. The van der Waals surface area contributed by atoms with Crippen LogP contribution in [-0.4, -0.2) is 29.5 Å². The van der Waals surface area contributed by atoms with Crippen LogP contribution in [0.4, 0.5) is 0 Å². The molecule has 25 heavy (non-hydrogen) atoms. The van der Waals surface area contributed by atoms with Crippen molar-refractivity contribution in [3.63, 3.8) is 0 Å². The highest BCUT2D eigenvalue weighted by molar-refractivity contribution is 6.68. The molecule has 1 atom stereocenters. The Morgan fingerprint density at radius 1 is 1.12 bits per heavy atom. The zero-order valence-corrected chi connectivity index (χ0v) is 16.0. The number of halogens is 3. The third kappa shape index (κ3) is 6.40. The van der Waals surface area contributed by atoms with Gasteiger partial charge in [0.2, 0.25) is 6.17 Å². The van der Waals surface area contributed by atoms with Crippen LogP contribution in [0.25, 0.3) is 0 Å². The number of alkyl halides is 3. The molecule has 0 aliphatic heterocycles. The third-order valence-electron chi connectivity index (χ3n) is 3.67. The SMILES string of the molecule is COc1ccc(C(=O)N[C@H]([NH2+]CCc2ccccc2)C(Cl)(Cl)Cl)cc1. The van der Waals surface area contributed by atoms with Gasteiger partial charge in [0.05, 0.1) is 13.7 Å². The first-order chi connectivity index (χ1) is 11.9. The molecule has 2 aromatic carbocycles. The summed E-state index contributed by atoms with van der Waals surface area (Å²) in [5, 5.41) is 4.59. The van der Waals surface area contributed by atoms with Crippen LogP contribution in [0.15, 0.2) is 54.6 Å². The molecular weight excluding hydrogens is 383 g/mol. The number of hydrogen-bond acceptors (Lipinski definition) is 2. The maximum atomic E-state index is 12.4. The first-order valence-corrected chi connectivity index (χ1v) is 8.92. The van der Waals surface area contributed by atoms with Gasteiger partial charge in [-0.2, -0.15) is 0 Å². The number of carbonyl (C=O) groups is 1. The molecule has 134 valence electrons. The lowest BCUT2D eigenvalue weighted by molar-refractivity contribution is -0.691. The zero-order valence-electron chi connectivity index (χ0n) is 13.7. The van der Waals surface area contributed by atoms with Gasteiger partial charge in [-0.15, -0.1) is 0 Å². The van der Waals surface area contributed by atoms with Crippen molar-refractivity contribution in [1.82, 2.24) is 5.32 Å². The van der Waals surface area contributed by atoms with Crippen LogP contribution in [0, 0.1) is 0 Å². The Kier molecular flexibility index (Phi) is 7.38. The lowest BCUT2D eigenvalue weighted by Crippen LogP contribution is -2.96. The molecule has 0 saturated heterocycles. The van der Waals surface area contributed by atoms with Gasteiger partial charge < -0.3 is 10.1 Å². The summed E-state index contributed by atoms with van der Waals surface area (Å²) in [6.45, 7) is 0.672. The van der Waals surface area contributed by atoms with E-state index in [1.165, 1.54) is 5.56 Å². The third-order valence-corrected chi connectivity index (χ3v) is 4.37. The molecule has 0 unspecified atom stereocenters. The molecule has 0 radical (unpaired) electrons. The Bertz CT molecular complexity index is 673. The van der Waals surface area contributed by atoms with E-state index in [0.717, 1.165) is 6.42 Å². The second-order valence-corrected chi connectivity index (χ2v) is 7.85. The van der Waals surface area contributed by atoms with Gasteiger partial charge in [0, 0.05) is 12.0 Å². The number of quaternary nitrogens is 1. The van der Waals surface area contributed by atoms with Crippen molar-refractivity contribution in [2.24, 2.45) is 0 Å². The van der Waals surface area contributed by atoms with Crippen molar-refractivity contribution in [2.45, 2.75) is 16.4 Å². The van der Waals surface area contributed by atoms with Gasteiger partial charge >= 0.3 is 0 Å². The van der Waals surface area contributed by atoms with Crippen molar-refractivity contribution in [3.05, 3.63) is 65.7 Å². The normalized spacial score (nSPS) is 12.5. The molecule has 2 aromatic rings. The molecule has 7 heteroatoms. The first kappa shape index (κ1) is 19.9. The van der Waals surface area contributed by atoms with Crippen molar-refractivity contribution in [3.8, 4) is 5.75 Å². The van der Waals surface area contributed by atoms with Gasteiger partial charge in [-0.05, 0) is 29.8 Å². The molecule has 3 N–H and O–H groups in total. The highest BCUT2D eigenvalue weighted by Gasteiger charge is 2.37. The Morgan fingerprint density at radius 3 is 2.32 bits per heavy atom. The lowest BCUT2D eigenvalue weighted by atomic mass is 10.1. The van der Waals surface area contributed by atoms with Gasteiger partial charge in [-0.3, -0.25) is 10.1 Å². The zero-order chi connectivity index (χ0) is 18.3. The first-order valence-electron chi connectivity index (χ1n) is 7.79. The number of benzene rings is 2. The van der Waals surface area contributed by atoms with E-state index in [0.29, 0.717) is 17.9 Å². The molecule has 0 fully saturated rings. The van der Waals surface area contributed by atoms with Gasteiger partial charge in [-0.25, -0.2) is 0 Å². The fourth-order valence-electron chi connectivity index (χ4n) is 2.30. The molecule has 4 nitrogen and oxygen atoms in total. The van der Waals surface area contributed by atoms with Crippen LogP contribution < -0.4 is 15.4 Å². The summed E-state index contributed by atoms with van der Waals surface area (Å²) in [4.78, 5) is 12.4. The van der Waals surface area contributed by atoms with E-state index in [2.05, 4.69) is 5.32 Å². The molecule has 0 aliphatic rings. The van der Waals surface area contributed by atoms with Crippen molar-refractivity contribution < 1.29 is 14.8 Å². The Hall–Kier alpha value is -1.46. The quantitative estimate of drug-likeness (QED) is 0.553. The fraction of sp³-hybridized carbons (Fsp3) is 0.278. The molecule has 0 aliphatic carbocycles. The Labute approximate surface area is 162 Å². The number of hydrogen-bond donors (Lipinski definition) is 2. The maximum Gasteiger partial charge on any atom is 0.262 e. The second kappa shape index (κ2) is 9.30. The molecule has 1 amide bonds. The van der Waals surface area contributed by atoms with E-state index < -0.39 is 9.96 Å². The summed E-state index contributed by atoms with van der Waals surface area (Å²) in [7, 11) is 1.57. The number of nitrogens with two attached hydrogens (primary N) is 1. The molecule has 0 heterocycles. The van der Waals surface area contributed by atoms with Crippen LogP contribution >= 0.6 is 34.8 Å². The van der Waals surface area contributed by atoms with E-state index >= 15 is 0 Å². The Balaban J connectivity index is 1.95.